The Balaban J connectivity index is 3.09. The quantitative estimate of drug-likeness (QED) is 0.468. The van der Waals surface area contributed by atoms with Crippen molar-refractivity contribution in [1.82, 2.24) is 0 Å². The lowest BCUT2D eigenvalue weighted by Gasteiger charge is -1.96. The van der Waals surface area contributed by atoms with E-state index in [1.807, 2.05) is 19.1 Å². The van der Waals surface area contributed by atoms with Crippen molar-refractivity contribution in [2.45, 2.75) is 6.92 Å². The summed E-state index contributed by atoms with van der Waals surface area (Å²) in [6, 6.07) is 7.29. The van der Waals surface area contributed by atoms with Gasteiger partial charge >= 0.3 is 5.97 Å². The Labute approximate surface area is 88.3 Å². The molecule has 0 heterocycles. The van der Waals surface area contributed by atoms with Gasteiger partial charge in [-0.15, -0.1) is 0 Å². The zero-order chi connectivity index (χ0) is 11.3. The van der Waals surface area contributed by atoms with Crippen LogP contribution in [0.1, 0.15) is 16.7 Å². The second kappa shape index (κ2) is 4.83. The van der Waals surface area contributed by atoms with Crippen LogP contribution in [0.5, 0.6) is 0 Å². The first-order valence-corrected chi connectivity index (χ1v) is 4.28. The summed E-state index contributed by atoms with van der Waals surface area (Å²) in [5.74, 6) is 4.26. The number of benzene rings is 1. The third-order valence-electron chi connectivity index (χ3n) is 1.78. The highest BCUT2D eigenvalue weighted by molar-refractivity contribution is 5.89. The molecule has 0 atom stereocenters. The Morgan fingerprint density at radius 2 is 2.13 bits per heavy atom. The van der Waals surface area contributed by atoms with Crippen molar-refractivity contribution < 1.29 is 9.53 Å². The van der Waals surface area contributed by atoms with Crippen LogP contribution in [0, 0.1) is 30.1 Å². The maximum atomic E-state index is 10.8. The monoisotopic (exact) mass is 199 g/mol. The van der Waals surface area contributed by atoms with Gasteiger partial charge in [-0.2, -0.15) is 5.26 Å². The first kappa shape index (κ1) is 10.8. The molecule has 0 saturated carbocycles. The predicted molar refractivity (Wildman–Crippen MR) is 54.8 cm³/mol. The molecule has 0 radical (unpaired) electrons. The molecule has 0 aliphatic rings. The molecule has 1 rings (SSSR count). The molecule has 0 unspecified atom stereocenters. The van der Waals surface area contributed by atoms with Crippen molar-refractivity contribution in [3.05, 3.63) is 34.9 Å². The Kier molecular flexibility index (Phi) is 3.49. The van der Waals surface area contributed by atoms with Gasteiger partial charge in [0, 0.05) is 11.5 Å². The van der Waals surface area contributed by atoms with E-state index in [1.165, 1.54) is 7.11 Å². The number of carbonyl (C=O) groups excluding carboxylic acids is 1. The first-order chi connectivity index (χ1) is 7.17. The van der Waals surface area contributed by atoms with Gasteiger partial charge in [-0.05, 0) is 24.6 Å². The number of esters is 1. The molecule has 0 aliphatic carbocycles. The van der Waals surface area contributed by atoms with Gasteiger partial charge in [0.1, 0.15) is 6.07 Å². The number of nitriles is 1. The van der Waals surface area contributed by atoms with Crippen LogP contribution < -0.4 is 0 Å². The van der Waals surface area contributed by atoms with Crippen LogP contribution in [0.4, 0.5) is 0 Å². The summed E-state index contributed by atoms with van der Waals surface area (Å²) in [5.41, 5.74) is 1.98. The molecule has 1 aromatic rings. The summed E-state index contributed by atoms with van der Waals surface area (Å²) < 4.78 is 4.37. The van der Waals surface area contributed by atoms with E-state index in [0.29, 0.717) is 11.1 Å². The van der Waals surface area contributed by atoms with Crippen LogP contribution in [-0.4, -0.2) is 13.1 Å². The molecule has 0 saturated heterocycles. The van der Waals surface area contributed by atoms with Gasteiger partial charge in [0.2, 0.25) is 0 Å². The molecular weight excluding hydrogens is 190 g/mol. The number of hydrogen-bond acceptors (Lipinski definition) is 3. The van der Waals surface area contributed by atoms with Crippen LogP contribution in [-0.2, 0) is 9.53 Å². The Morgan fingerprint density at radius 1 is 1.40 bits per heavy atom. The molecule has 1 aromatic carbocycles. The van der Waals surface area contributed by atoms with Crippen molar-refractivity contribution in [1.29, 1.82) is 5.26 Å². The Bertz CT molecular complexity index is 487. The van der Waals surface area contributed by atoms with E-state index in [4.69, 9.17) is 5.26 Å². The average Bonchev–Trinajstić information content (AvgIpc) is 2.26. The van der Waals surface area contributed by atoms with Gasteiger partial charge in [0.15, 0.2) is 0 Å². The van der Waals surface area contributed by atoms with Gasteiger partial charge in [-0.25, -0.2) is 4.79 Å². The highest BCUT2D eigenvalue weighted by Crippen LogP contribution is 2.09. The van der Waals surface area contributed by atoms with Crippen molar-refractivity contribution in [2.24, 2.45) is 0 Å². The Morgan fingerprint density at radius 3 is 2.73 bits per heavy atom. The maximum absolute atomic E-state index is 10.8. The fraction of sp³-hybridized carbons (Fsp3) is 0.167. The van der Waals surface area contributed by atoms with Crippen LogP contribution in [0.2, 0.25) is 0 Å². The molecule has 0 spiro atoms. The molecule has 15 heavy (non-hydrogen) atoms. The van der Waals surface area contributed by atoms with Crippen LogP contribution in [0.15, 0.2) is 18.2 Å². The van der Waals surface area contributed by atoms with Gasteiger partial charge in [0.05, 0.1) is 12.7 Å². The smallest absolute Gasteiger partial charge is 0.384 e. The highest BCUT2D eigenvalue weighted by atomic mass is 16.5. The van der Waals surface area contributed by atoms with Crippen molar-refractivity contribution in [2.75, 3.05) is 7.11 Å². The molecule has 0 N–H and O–H groups in total. The van der Waals surface area contributed by atoms with Crippen LogP contribution >= 0.6 is 0 Å². The number of aryl methyl sites for hydroxylation is 1. The van der Waals surface area contributed by atoms with E-state index in [0.717, 1.165) is 5.56 Å². The summed E-state index contributed by atoms with van der Waals surface area (Å²) in [4.78, 5) is 10.8. The second-order valence-electron chi connectivity index (χ2n) is 2.90. The fourth-order valence-electron chi connectivity index (χ4n) is 1.03. The third kappa shape index (κ3) is 2.86. The summed E-state index contributed by atoms with van der Waals surface area (Å²) in [6.07, 6.45) is 0. The zero-order valence-electron chi connectivity index (χ0n) is 8.50. The molecule has 0 fully saturated rings. The van der Waals surface area contributed by atoms with Gasteiger partial charge in [-0.3, -0.25) is 0 Å². The fourth-order valence-corrected chi connectivity index (χ4v) is 1.03. The van der Waals surface area contributed by atoms with E-state index >= 15 is 0 Å². The minimum Gasteiger partial charge on any atom is -0.459 e. The van der Waals surface area contributed by atoms with E-state index in [2.05, 4.69) is 16.6 Å². The molecule has 0 bridgehead atoms. The number of nitrogens with zero attached hydrogens (tertiary/aromatic N) is 1. The number of hydrogen-bond donors (Lipinski definition) is 0. The lowest BCUT2D eigenvalue weighted by atomic mass is 10.1. The number of ether oxygens (including phenoxy) is 1. The molecule has 0 aromatic heterocycles. The summed E-state index contributed by atoms with van der Waals surface area (Å²) in [5, 5.41) is 8.83. The topological polar surface area (TPSA) is 50.1 Å². The minimum absolute atomic E-state index is 0.464. The van der Waals surface area contributed by atoms with Crippen LogP contribution in [0.3, 0.4) is 0 Å². The molecule has 74 valence electrons. The number of rotatable bonds is 0. The maximum Gasteiger partial charge on any atom is 0.384 e. The molecule has 0 aliphatic heterocycles. The highest BCUT2D eigenvalue weighted by Gasteiger charge is 1.99. The Hall–Kier alpha value is -2.26. The van der Waals surface area contributed by atoms with E-state index in [9.17, 15) is 4.79 Å². The summed E-state index contributed by atoms with van der Waals surface area (Å²) >= 11 is 0. The van der Waals surface area contributed by atoms with Crippen molar-refractivity contribution in [3.63, 3.8) is 0 Å². The third-order valence-corrected chi connectivity index (χ3v) is 1.78. The molecule has 0 amide bonds. The SMILES string of the molecule is COC(=O)C#Cc1ccc(C)cc1C#N. The van der Waals surface area contributed by atoms with Gasteiger partial charge in [0.25, 0.3) is 0 Å². The second-order valence-corrected chi connectivity index (χ2v) is 2.90. The normalized spacial score (nSPS) is 8.33. The van der Waals surface area contributed by atoms with Crippen molar-refractivity contribution in [3.8, 4) is 17.9 Å². The predicted octanol–water partition coefficient (Wildman–Crippen LogP) is 1.39. The summed E-state index contributed by atoms with van der Waals surface area (Å²) in [7, 11) is 1.26. The standard InChI is InChI=1S/C12H9NO2/c1-9-3-4-10(11(7-9)8-13)5-6-12(14)15-2/h3-4,7H,1-2H3. The van der Waals surface area contributed by atoms with E-state index < -0.39 is 5.97 Å². The lowest BCUT2D eigenvalue weighted by Crippen LogP contribution is -1.95. The molecule has 3 nitrogen and oxygen atoms in total. The van der Waals surface area contributed by atoms with Crippen LogP contribution in [0.25, 0.3) is 0 Å². The minimum atomic E-state index is -0.612. The average molecular weight is 199 g/mol. The van der Waals surface area contributed by atoms with Gasteiger partial charge in [-0.1, -0.05) is 12.0 Å². The number of methoxy groups -OCH3 is 1. The molecular formula is C12H9NO2. The van der Waals surface area contributed by atoms with Crippen molar-refractivity contribution >= 4 is 5.97 Å². The van der Waals surface area contributed by atoms with E-state index in [1.54, 1.807) is 12.1 Å². The molecule has 3 heteroatoms. The lowest BCUT2D eigenvalue weighted by molar-refractivity contribution is -0.133. The van der Waals surface area contributed by atoms with E-state index in [-0.39, 0.29) is 0 Å². The number of carbonyl (C=O) groups is 1. The summed E-state index contributed by atoms with van der Waals surface area (Å²) in [6.45, 7) is 1.89. The largest absolute Gasteiger partial charge is 0.459 e. The first-order valence-electron chi connectivity index (χ1n) is 4.28. The zero-order valence-corrected chi connectivity index (χ0v) is 8.50. The van der Waals surface area contributed by atoms with Gasteiger partial charge < -0.3 is 4.74 Å².